The Kier molecular flexibility index (Phi) is 6.61. The molecule has 134 valence electrons. The summed E-state index contributed by atoms with van der Waals surface area (Å²) in [6.07, 6.45) is 3.03. The molecule has 0 atom stereocenters. The molecule has 1 N–H and O–H groups in total. The molecule has 0 aliphatic heterocycles. The van der Waals surface area contributed by atoms with E-state index in [9.17, 15) is 19.7 Å². The number of nitrogens with zero attached hydrogens (tertiary/aromatic N) is 1. The van der Waals surface area contributed by atoms with Gasteiger partial charge in [-0.1, -0.05) is 18.2 Å². The molecule has 0 unspecified atom stereocenters. The van der Waals surface area contributed by atoms with Gasteiger partial charge in [-0.15, -0.1) is 0 Å². The first-order chi connectivity index (χ1) is 12.5. The van der Waals surface area contributed by atoms with Crippen molar-refractivity contribution in [2.24, 2.45) is 0 Å². The molecule has 0 radical (unpaired) electrons. The number of likely N-dealkylation sites (N-methyl/N-ethyl adjacent to an activating group) is 1. The van der Waals surface area contributed by atoms with Gasteiger partial charge in [0.05, 0.1) is 4.92 Å². The minimum atomic E-state index is -0.514. The van der Waals surface area contributed by atoms with Crippen molar-refractivity contribution < 1.29 is 19.2 Å². The minimum Gasteiger partial charge on any atom is -0.484 e. The van der Waals surface area contributed by atoms with E-state index in [0.717, 1.165) is 5.56 Å². The van der Waals surface area contributed by atoms with Crippen LogP contribution in [-0.4, -0.2) is 29.8 Å². The van der Waals surface area contributed by atoms with Crippen LogP contribution in [0.4, 0.5) is 5.69 Å². The lowest BCUT2D eigenvalue weighted by Crippen LogP contribution is -2.28. The maximum absolute atomic E-state index is 12.1. The Hall–Kier alpha value is -3.48. The zero-order chi connectivity index (χ0) is 18.9. The molecule has 2 aromatic rings. The zero-order valence-corrected chi connectivity index (χ0v) is 14.2. The largest absolute Gasteiger partial charge is 0.484 e. The average Bonchev–Trinajstić information content (AvgIpc) is 2.65. The molecule has 0 heterocycles. The fraction of sp³-hybridized carbons (Fsp3) is 0.158. The highest BCUT2D eigenvalue weighted by Crippen LogP contribution is 2.15. The van der Waals surface area contributed by atoms with E-state index in [0.29, 0.717) is 17.9 Å². The molecular formula is C19H18N2O5. The monoisotopic (exact) mass is 354 g/mol. The van der Waals surface area contributed by atoms with Crippen LogP contribution in [0, 0.1) is 10.1 Å². The van der Waals surface area contributed by atoms with Crippen LogP contribution in [-0.2, 0) is 4.79 Å². The predicted molar refractivity (Wildman–Crippen MR) is 97.1 cm³/mol. The number of non-ortho nitro benzene ring substituents is 1. The molecule has 0 saturated carbocycles. The van der Waals surface area contributed by atoms with Crippen molar-refractivity contribution in [2.75, 3.05) is 13.2 Å². The number of hydrogen-bond donors (Lipinski definition) is 1. The number of carbonyl (C=O) groups excluding carboxylic acids is 2. The number of allylic oxidation sites excluding steroid dienone is 1. The second kappa shape index (κ2) is 9.12. The third-order valence-corrected chi connectivity index (χ3v) is 3.41. The predicted octanol–water partition coefficient (Wildman–Crippen LogP) is 3.01. The molecule has 2 aromatic carbocycles. The van der Waals surface area contributed by atoms with Crippen molar-refractivity contribution >= 4 is 23.5 Å². The second-order valence-electron chi connectivity index (χ2n) is 5.31. The van der Waals surface area contributed by atoms with Crippen LogP contribution in [0.15, 0.2) is 54.6 Å². The standard InChI is InChI=1S/C19H18N2O5/c1-2-20-19(23)13-26-17-10-3-14(4-11-17)5-12-18(22)15-6-8-16(9-7-15)21(24)25/h3-12H,2,13H2,1H3,(H,20,23)/b12-5+. The summed E-state index contributed by atoms with van der Waals surface area (Å²) in [5.74, 6) is 0.108. The van der Waals surface area contributed by atoms with Crippen LogP contribution in [0.3, 0.4) is 0 Å². The normalized spacial score (nSPS) is 10.5. The van der Waals surface area contributed by atoms with Crippen molar-refractivity contribution in [3.8, 4) is 5.75 Å². The van der Waals surface area contributed by atoms with Gasteiger partial charge in [0, 0.05) is 24.2 Å². The van der Waals surface area contributed by atoms with E-state index in [-0.39, 0.29) is 24.0 Å². The van der Waals surface area contributed by atoms with E-state index in [1.807, 2.05) is 6.92 Å². The molecule has 7 nitrogen and oxygen atoms in total. The Morgan fingerprint density at radius 1 is 1.12 bits per heavy atom. The molecule has 2 rings (SSSR count). The molecule has 26 heavy (non-hydrogen) atoms. The van der Waals surface area contributed by atoms with Crippen LogP contribution >= 0.6 is 0 Å². The lowest BCUT2D eigenvalue weighted by atomic mass is 10.1. The highest BCUT2D eigenvalue weighted by Gasteiger charge is 2.07. The van der Waals surface area contributed by atoms with Crippen molar-refractivity contribution in [3.63, 3.8) is 0 Å². The van der Waals surface area contributed by atoms with Crippen molar-refractivity contribution in [3.05, 3.63) is 75.8 Å². The summed E-state index contributed by atoms with van der Waals surface area (Å²) in [4.78, 5) is 33.5. The minimum absolute atomic E-state index is 0.0539. The van der Waals surface area contributed by atoms with Crippen LogP contribution < -0.4 is 10.1 Å². The number of ether oxygens (including phenoxy) is 1. The van der Waals surface area contributed by atoms with Gasteiger partial charge >= 0.3 is 0 Å². The van der Waals surface area contributed by atoms with Gasteiger partial charge < -0.3 is 10.1 Å². The third-order valence-electron chi connectivity index (χ3n) is 3.41. The Bertz CT molecular complexity index is 811. The number of amides is 1. The van der Waals surface area contributed by atoms with E-state index < -0.39 is 4.92 Å². The van der Waals surface area contributed by atoms with Crippen LogP contribution in [0.1, 0.15) is 22.8 Å². The lowest BCUT2D eigenvalue weighted by Gasteiger charge is -2.06. The van der Waals surface area contributed by atoms with Crippen molar-refractivity contribution in [1.29, 1.82) is 0 Å². The van der Waals surface area contributed by atoms with E-state index in [1.165, 1.54) is 30.3 Å². The molecule has 0 saturated heterocycles. The summed E-state index contributed by atoms with van der Waals surface area (Å²) in [5, 5.41) is 13.2. The van der Waals surface area contributed by atoms with Gasteiger partial charge in [0.15, 0.2) is 12.4 Å². The van der Waals surface area contributed by atoms with Gasteiger partial charge in [-0.2, -0.15) is 0 Å². The smallest absolute Gasteiger partial charge is 0.269 e. The number of hydrogen-bond acceptors (Lipinski definition) is 5. The summed E-state index contributed by atoms with van der Waals surface area (Å²) in [6, 6.07) is 12.3. The first-order valence-electron chi connectivity index (χ1n) is 7.96. The molecule has 0 aliphatic rings. The van der Waals surface area contributed by atoms with E-state index in [2.05, 4.69) is 5.32 Å². The van der Waals surface area contributed by atoms with Gasteiger partial charge in [-0.3, -0.25) is 19.7 Å². The highest BCUT2D eigenvalue weighted by molar-refractivity contribution is 6.06. The van der Waals surface area contributed by atoms with Crippen LogP contribution in [0.5, 0.6) is 5.75 Å². The quantitative estimate of drug-likeness (QED) is 0.340. The summed E-state index contributed by atoms with van der Waals surface area (Å²) < 4.78 is 5.34. The van der Waals surface area contributed by atoms with Gasteiger partial charge in [0.25, 0.3) is 11.6 Å². The Balaban J connectivity index is 1.94. The maximum Gasteiger partial charge on any atom is 0.269 e. The molecule has 0 aliphatic carbocycles. The van der Waals surface area contributed by atoms with E-state index >= 15 is 0 Å². The van der Waals surface area contributed by atoms with Gasteiger partial charge in [0.1, 0.15) is 5.75 Å². The first kappa shape index (κ1) is 18.9. The number of benzene rings is 2. The molecule has 0 aromatic heterocycles. The SMILES string of the molecule is CCNC(=O)COc1ccc(/C=C/C(=O)c2ccc([N+](=O)[O-])cc2)cc1. The molecule has 1 amide bonds. The number of ketones is 1. The Morgan fingerprint density at radius 2 is 1.77 bits per heavy atom. The van der Waals surface area contributed by atoms with E-state index in [4.69, 9.17) is 4.74 Å². The number of nitro benzene ring substituents is 1. The molecule has 0 bridgehead atoms. The lowest BCUT2D eigenvalue weighted by molar-refractivity contribution is -0.384. The third kappa shape index (κ3) is 5.55. The summed E-state index contributed by atoms with van der Waals surface area (Å²) in [6.45, 7) is 2.33. The number of rotatable bonds is 8. The maximum atomic E-state index is 12.1. The van der Waals surface area contributed by atoms with Gasteiger partial charge in [-0.05, 0) is 42.8 Å². The fourth-order valence-electron chi connectivity index (χ4n) is 2.09. The molecular weight excluding hydrogens is 336 g/mol. The zero-order valence-electron chi connectivity index (χ0n) is 14.2. The number of nitro groups is 1. The first-order valence-corrected chi connectivity index (χ1v) is 7.96. The van der Waals surface area contributed by atoms with E-state index in [1.54, 1.807) is 30.3 Å². The molecule has 0 fully saturated rings. The topological polar surface area (TPSA) is 98.5 Å². The number of nitrogens with one attached hydrogen (secondary N) is 1. The Morgan fingerprint density at radius 3 is 2.35 bits per heavy atom. The summed E-state index contributed by atoms with van der Waals surface area (Å²) in [5.41, 5.74) is 1.09. The van der Waals surface area contributed by atoms with Crippen molar-refractivity contribution in [2.45, 2.75) is 6.92 Å². The number of carbonyl (C=O) groups is 2. The molecule has 7 heteroatoms. The van der Waals surface area contributed by atoms with Crippen molar-refractivity contribution in [1.82, 2.24) is 5.32 Å². The van der Waals surface area contributed by atoms with Gasteiger partial charge in [0.2, 0.25) is 0 Å². The molecule has 0 spiro atoms. The fourth-order valence-corrected chi connectivity index (χ4v) is 2.09. The Labute approximate surface area is 150 Å². The average molecular weight is 354 g/mol. The van der Waals surface area contributed by atoms with Crippen LogP contribution in [0.25, 0.3) is 6.08 Å². The highest BCUT2D eigenvalue weighted by atomic mass is 16.6. The summed E-state index contributed by atoms with van der Waals surface area (Å²) >= 11 is 0. The van der Waals surface area contributed by atoms with Crippen LogP contribution in [0.2, 0.25) is 0 Å². The summed E-state index contributed by atoms with van der Waals surface area (Å²) in [7, 11) is 0. The van der Waals surface area contributed by atoms with Gasteiger partial charge in [-0.25, -0.2) is 0 Å². The second-order valence-corrected chi connectivity index (χ2v) is 5.31.